The summed E-state index contributed by atoms with van der Waals surface area (Å²) in [5.41, 5.74) is 2.82. The smallest absolute Gasteiger partial charge is 0.319 e. The van der Waals surface area contributed by atoms with Crippen molar-refractivity contribution in [3.8, 4) is 11.5 Å². The lowest BCUT2D eigenvalue weighted by molar-refractivity contribution is 0.174. The lowest BCUT2D eigenvalue weighted by atomic mass is 10.0. The van der Waals surface area contributed by atoms with Crippen molar-refractivity contribution < 1.29 is 14.3 Å². The van der Waals surface area contributed by atoms with E-state index in [1.54, 1.807) is 0 Å². The summed E-state index contributed by atoms with van der Waals surface area (Å²) in [6.07, 6.45) is 0. The molecule has 1 aliphatic heterocycles. The van der Waals surface area contributed by atoms with Gasteiger partial charge in [-0.2, -0.15) is 0 Å². The Hall–Kier alpha value is -1.73. The number of hydrogen-bond acceptors (Lipinski definition) is 3. The number of halogens is 2. The lowest BCUT2D eigenvalue weighted by Crippen LogP contribution is -2.28. The molecule has 25 heavy (non-hydrogen) atoms. The number of carbonyl (C=O) groups is 1. The normalized spacial score (nSPS) is 12.4. The second kappa shape index (κ2) is 7.66. The van der Waals surface area contributed by atoms with Crippen LogP contribution in [0.5, 0.6) is 11.5 Å². The van der Waals surface area contributed by atoms with Crippen LogP contribution in [0.2, 0.25) is 0 Å². The molecule has 0 atom stereocenters. The molecule has 5 nitrogen and oxygen atoms in total. The third-order valence-corrected chi connectivity index (χ3v) is 5.11. The molecule has 132 valence electrons. The first-order valence-electron chi connectivity index (χ1n) is 7.86. The highest BCUT2D eigenvalue weighted by Gasteiger charge is 2.15. The number of fused-ring (bicyclic) bond motifs is 1. The number of amides is 2. The van der Waals surface area contributed by atoms with Gasteiger partial charge < -0.3 is 20.1 Å². The number of nitrogens with one attached hydrogen (secondary N) is 2. The molecular formula is C18H18Br2N2O3. The zero-order valence-electron chi connectivity index (χ0n) is 13.9. The minimum Gasteiger partial charge on any atom is -0.454 e. The zero-order chi connectivity index (χ0) is 18.0. The minimum absolute atomic E-state index is 0.237. The third kappa shape index (κ3) is 4.27. The van der Waals surface area contributed by atoms with Crippen LogP contribution in [0.15, 0.2) is 39.3 Å². The third-order valence-electron chi connectivity index (χ3n) is 3.86. The predicted molar refractivity (Wildman–Crippen MR) is 104 cm³/mol. The summed E-state index contributed by atoms with van der Waals surface area (Å²) < 4.78 is 12.3. The van der Waals surface area contributed by atoms with E-state index in [0.717, 1.165) is 20.3 Å². The predicted octanol–water partition coefficient (Wildman–Crippen LogP) is 5.39. The Morgan fingerprint density at radius 1 is 1.12 bits per heavy atom. The van der Waals surface area contributed by atoms with Gasteiger partial charge in [-0.05, 0) is 73.2 Å². The molecule has 2 aromatic rings. The lowest BCUT2D eigenvalue weighted by Gasteiger charge is -2.14. The van der Waals surface area contributed by atoms with Crippen LogP contribution in [0.3, 0.4) is 0 Å². The summed E-state index contributed by atoms with van der Waals surface area (Å²) in [5, 5.41) is 5.71. The van der Waals surface area contributed by atoms with Crippen molar-refractivity contribution >= 4 is 43.6 Å². The molecule has 1 aliphatic rings. The molecule has 3 rings (SSSR count). The Kier molecular flexibility index (Phi) is 5.54. The Labute approximate surface area is 163 Å². The second-order valence-electron chi connectivity index (χ2n) is 6.01. The molecule has 0 saturated heterocycles. The number of anilines is 1. The fourth-order valence-electron chi connectivity index (χ4n) is 2.44. The van der Waals surface area contributed by atoms with Gasteiger partial charge in [0.2, 0.25) is 6.79 Å². The monoisotopic (exact) mass is 468 g/mol. The van der Waals surface area contributed by atoms with E-state index in [2.05, 4.69) is 56.3 Å². The van der Waals surface area contributed by atoms with E-state index in [1.807, 2.05) is 30.3 Å². The average molecular weight is 470 g/mol. The fraction of sp³-hybridized carbons (Fsp3) is 0.278. The molecule has 0 fully saturated rings. The highest BCUT2D eigenvalue weighted by Crippen LogP contribution is 2.35. The standard InChI is InChI=1S/C18H18Br2N2O3/c1-10(2)12-6-13(19)17(14(20)7-12)22-18(23)21-8-11-3-4-15-16(5-11)25-9-24-15/h3-7,10H,8-9H2,1-2H3,(H2,21,22,23). The van der Waals surface area contributed by atoms with E-state index in [4.69, 9.17) is 9.47 Å². The van der Waals surface area contributed by atoms with Crippen molar-refractivity contribution in [2.45, 2.75) is 26.3 Å². The summed E-state index contributed by atoms with van der Waals surface area (Å²) in [6.45, 7) is 4.88. The van der Waals surface area contributed by atoms with Crippen LogP contribution in [-0.2, 0) is 6.54 Å². The SMILES string of the molecule is CC(C)c1cc(Br)c(NC(=O)NCc2ccc3c(c2)OCO3)c(Br)c1. The molecular weight excluding hydrogens is 452 g/mol. The van der Waals surface area contributed by atoms with Gasteiger partial charge >= 0.3 is 6.03 Å². The Morgan fingerprint density at radius 3 is 2.48 bits per heavy atom. The summed E-state index contributed by atoms with van der Waals surface area (Å²) >= 11 is 7.04. The molecule has 0 saturated carbocycles. The topological polar surface area (TPSA) is 59.6 Å². The molecule has 0 spiro atoms. The van der Waals surface area contributed by atoms with Crippen molar-refractivity contribution in [1.29, 1.82) is 0 Å². The van der Waals surface area contributed by atoms with E-state index in [1.165, 1.54) is 5.56 Å². The van der Waals surface area contributed by atoms with Crippen LogP contribution in [0.1, 0.15) is 30.9 Å². The maximum atomic E-state index is 12.2. The van der Waals surface area contributed by atoms with Gasteiger partial charge in [-0.15, -0.1) is 0 Å². The first-order chi connectivity index (χ1) is 11.9. The Bertz CT molecular complexity index is 786. The van der Waals surface area contributed by atoms with Crippen molar-refractivity contribution in [1.82, 2.24) is 5.32 Å². The Morgan fingerprint density at radius 2 is 1.80 bits per heavy atom. The second-order valence-corrected chi connectivity index (χ2v) is 7.72. The number of carbonyl (C=O) groups excluding carboxylic acids is 1. The largest absolute Gasteiger partial charge is 0.454 e. The summed E-state index contributed by atoms with van der Waals surface area (Å²) in [4.78, 5) is 12.2. The van der Waals surface area contributed by atoms with Gasteiger partial charge in [-0.25, -0.2) is 4.79 Å². The first kappa shape index (κ1) is 18.1. The van der Waals surface area contributed by atoms with Gasteiger partial charge in [0.1, 0.15) is 0 Å². The van der Waals surface area contributed by atoms with Gasteiger partial charge in [0.15, 0.2) is 11.5 Å². The van der Waals surface area contributed by atoms with Crippen molar-refractivity contribution in [2.75, 3.05) is 12.1 Å². The highest BCUT2D eigenvalue weighted by molar-refractivity contribution is 9.11. The van der Waals surface area contributed by atoms with Gasteiger partial charge in [-0.1, -0.05) is 19.9 Å². The molecule has 7 heteroatoms. The number of rotatable bonds is 4. The first-order valence-corrected chi connectivity index (χ1v) is 9.45. The van der Waals surface area contributed by atoms with E-state index in [9.17, 15) is 4.79 Å². The molecule has 0 aromatic heterocycles. The Balaban J connectivity index is 1.63. The van der Waals surface area contributed by atoms with Gasteiger partial charge in [-0.3, -0.25) is 0 Å². The quantitative estimate of drug-likeness (QED) is 0.631. The van der Waals surface area contributed by atoms with Crippen molar-refractivity contribution in [3.05, 3.63) is 50.4 Å². The molecule has 2 amide bonds. The van der Waals surface area contributed by atoms with Gasteiger partial charge in [0.25, 0.3) is 0 Å². The molecule has 2 N–H and O–H groups in total. The van der Waals surface area contributed by atoms with Crippen LogP contribution in [0.25, 0.3) is 0 Å². The van der Waals surface area contributed by atoms with E-state index >= 15 is 0 Å². The van der Waals surface area contributed by atoms with Crippen LogP contribution in [0.4, 0.5) is 10.5 Å². The average Bonchev–Trinajstić information content (AvgIpc) is 3.03. The summed E-state index contributed by atoms with van der Waals surface area (Å²) in [5.74, 6) is 1.84. The number of ether oxygens (including phenoxy) is 2. The van der Waals surface area contributed by atoms with E-state index in [-0.39, 0.29) is 12.8 Å². The molecule has 0 aliphatic carbocycles. The molecule has 0 radical (unpaired) electrons. The zero-order valence-corrected chi connectivity index (χ0v) is 17.0. The van der Waals surface area contributed by atoms with E-state index in [0.29, 0.717) is 23.9 Å². The summed E-state index contributed by atoms with van der Waals surface area (Å²) in [6, 6.07) is 9.36. The van der Waals surface area contributed by atoms with E-state index < -0.39 is 0 Å². The maximum Gasteiger partial charge on any atom is 0.319 e. The highest BCUT2D eigenvalue weighted by atomic mass is 79.9. The molecule has 0 unspecified atom stereocenters. The van der Waals surface area contributed by atoms with Crippen LogP contribution < -0.4 is 20.1 Å². The number of hydrogen-bond donors (Lipinski definition) is 2. The number of urea groups is 1. The van der Waals surface area contributed by atoms with Crippen LogP contribution in [-0.4, -0.2) is 12.8 Å². The fourth-order valence-corrected chi connectivity index (χ4v) is 3.86. The van der Waals surface area contributed by atoms with Crippen LogP contribution in [0, 0.1) is 0 Å². The molecule has 1 heterocycles. The van der Waals surface area contributed by atoms with Crippen molar-refractivity contribution in [3.63, 3.8) is 0 Å². The van der Waals surface area contributed by atoms with Crippen molar-refractivity contribution in [2.24, 2.45) is 0 Å². The van der Waals surface area contributed by atoms with Crippen LogP contribution >= 0.6 is 31.9 Å². The van der Waals surface area contributed by atoms with Gasteiger partial charge in [0.05, 0.1) is 5.69 Å². The molecule has 2 aromatic carbocycles. The summed E-state index contributed by atoms with van der Waals surface area (Å²) in [7, 11) is 0. The number of benzene rings is 2. The maximum absolute atomic E-state index is 12.2. The molecule has 0 bridgehead atoms. The van der Waals surface area contributed by atoms with Gasteiger partial charge in [0, 0.05) is 15.5 Å². The minimum atomic E-state index is -0.281.